The molecule has 0 saturated carbocycles. The average molecular weight is 264 g/mol. The van der Waals surface area contributed by atoms with Gasteiger partial charge in [-0.1, -0.05) is 6.92 Å². The number of aromatic amines is 1. The number of imidazole rings is 1. The standard InChI is InChI=1S/C13H17FN4O/c1-3-6-15-12(19)8(2)16-13-17-10-5-4-9(14)7-11(10)18-13/h4-5,7-8H,3,6H2,1-2H3,(H,15,19)(H2,16,17,18). The molecule has 0 radical (unpaired) electrons. The van der Waals surface area contributed by atoms with Gasteiger partial charge in [0.05, 0.1) is 11.0 Å². The minimum Gasteiger partial charge on any atom is -0.354 e. The van der Waals surface area contributed by atoms with Crippen molar-refractivity contribution in [3.63, 3.8) is 0 Å². The molecule has 5 nitrogen and oxygen atoms in total. The second-order valence-corrected chi connectivity index (χ2v) is 4.40. The number of benzene rings is 1. The first kappa shape index (κ1) is 13.3. The van der Waals surface area contributed by atoms with Crippen molar-refractivity contribution in [2.45, 2.75) is 26.3 Å². The SMILES string of the molecule is CCCNC(=O)C(C)Nc1nc2ccc(F)cc2[nH]1. The Balaban J connectivity index is 2.06. The van der Waals surface area contributed by atoms with Gasteiger partial charge in [-0.25, -0.2) is 9.37 Å². The van der Waals surface area contributed by atoms with E-state index in [1.54, 1.807) is 13.0 Å². The second kappa shape index (κ2) is 5.69. The van der Waals surface area contributed by atoms with Crippen molar-refractivity contribution >= 4 is 22.9 Å². The van der Waals surface area contributed by atoms with Crippen molar-refractivity contribution in [2.24, 2.45) is 0 Å². The molecule has 1 heterocycles. The topological polar surface area (TPSA) is 69.8 Å². The summed E-state index contributed by atoms with van der Waals surface area (Å²) >= 11 is 0. The molecule has 0 aliphatic heterocycles. The van der Waals surface area contributed by atoms with Crippen molar-refractivity contribution in [2.75, 3.05) is 11.9 Å². The molecule has 6 heteroatoms. The maximum atomic E-state index is 13.0. The van der Waals surface area contributed by atoms with Gasteiger partial charge in [-0.3, -0.25) is 4.79 Å². The number of hydrogen-bond acceptors (Lipinski definition) is 3. The molecule has 0 saturated heterocycles. The van der Waals surface area contributed by atoms with E-state index in [9.17, 15) is 9.18 Å². The van der Waals surface area contributed by atoms with Gasteiger partial charge in [-0.05, 0) is 31.5 Å². The zero-order chi connectivity index (χ0) is 13.8. The number of carbonyl (C=O) groups is 1. The number of fused-ring (bicyclic) bond motifs is 1. The van der Waals surface area contributed by atoms with Crippen molar-refractivity contribution in [3.8, 4) is 0 Å². The molecule has 1 atom stereocenters. The number of aromatic nitrogens is 2. The van der Waals surface area contributed by atoms with Crippen LogP contribution in [0.4, 0.5) is 10.3 Å². The van der Waals surface area contributed by atoms with Crippen LogP contribution in [0.15, 0.2) is 18.2 Å². The zero-order valence-electron chi connectivity index (χ0n) is 11.0. The normalized spacial score (nSPS) is 12.4. The molecule has 2 aromatic rings. The van der Waals surface area contributed by atoms with Gasteiger partial charge in [0.15, 0.2) is 0 Å². The summed E-state index contributed by atoms with van der Waals surface area (Å²) in [5.74, 6) is 0.0460. The molecular weight excluding hydrogens is 247 g/mol. The van der Waals surface area contributed by atoms with Crippen LogP contribution in [-0.4, -0.2) is 28.5 Å². The third-order valence-corrected chi connectivity index (χ3v) is 2.74. The first-order valence-corrected chi connectivity index (χ1v) is 6.29. The molecule has 1 amide bonds. The lowest BCUT2D eigenvalue weighted by Gasteiger charge is -2.12. The molecule has 1 aromatic heterocycles. The highest BCUT2D eigenvalue weighted by atomic mass is 19.1. The molecule has 102 valence electrons. The van der Waals surface area contributed by atoms with Crippen LogP contribution >= 0.6 is 0 Å². The molecule has 0 aliphatic carbocycles. The molecule has 1 aromatic carbocycles. The minimum atomic E-state index is -0.406. The smallest absolute Gasteiger partial charge is 0.242 e. The summed E-state index contributed by atoms with van der Waals surface area (Å²) in [6, 6.07) is 3.91. The molecule has 1 unspecified atom stereocenters. The van der Waals surface area contributed by atoms with Gasteiger partial charge >= 0.3 is 0 Å². The number of hydrogen-bond donors (Lipinski definition) is 3. The van der Waals surface area contributed by atoms with Crippen LogP contribution in [0.5, 0.6) is 0 Å². The van der Waals surface area contributed by atoms with Crippen molar-refractivity contribution in [1.82, 2.24) is 15.3 Å². The summed E-state index contributed by atoms with van der Waals surface area (Å²) < 4.78 is 13.0. The van der Waals surface area contributed by atoms with Gasteiger partial charge < -0.3 is 15.6 Å². The first-order chi connectivity index (χ1) is 9.10. The third kappa shape index (κ3) is 3.21. The number of nitrogens with zero attached hydrogens (tertiary/aromatic N) is 1. The Bertz CT molecular complexity index is 581. The highest BCUT2D eigenvalue weighted by molar-refractivity contribution is 5.84. The highest BCUT2D eigenvalue weighted by Crippen LogP contribution is 2.15. The number of amides is 1. The molecule has 0 spiro atoms. The van der Waals surface area contributed by atoms with Crippen LogP contribution in [0.1, 0.15) is 20.3 Å². The van der Waals surface area contributed by atoms with Crippen LogP contribution in [-0.2, 0) is 4.79 Å². The van der Waals surface area contributed by atoms with Crippen molar-refractivity contribution in [1.29, 1.82) is 0 Å². The van der Waals surface area contributed by atoms with Crippen LogP contribution in [0.25, 0.3) is 11.0 Å². The number of H-pyrrole nitrogens is 1. The maximum absolute atomic E-state index is 13.0. The lowest BCUT2D eigenvalue weighted by Crippen LogP contribution is -2.38. The van der Waals surface area contributed by atoms with Crippen LogP contribution < -0.4 is 10.6 Å². The zero-order valence-corrected chi connectivity index (χ0v) is 11.0. The van der Waals surface area contributed by atoms with Gasteiger partial charge in [-0.15, -0.1) is 0 Å². The minimum absolute atomic E-state index is 0.0894. The number of carbonyl (C=O) groups excluding carboxylic acids is 1. The summed E-state index contributed by atoms with van der Waals surface area (Å²) in [5, 5.41) is 5.75. The molecule has 19 heavy (non-hydrogen) atoms. The lowest BCUT2D eigenvalue weighted by atomic mass is 10.3. The first-order valence-electron chi connectivity index (χ1n) is 6.29. The van der Waals surface area contributed by atoms with Crippen molar-refractivity contribution in [3.05, 3.63) is 24.0 Å². The second-order valence-electron chi connectivity index (χ2n) is 4.40. The van der Waals surface area contributed by atoms with E-state index in [4.69, 9.17) is 0 Å². The van der Waals surface area contributed by atoms with Gasteiger partial charge in [0.2, 0.25) is 11.9 Å². The molecular formula is C13H17FN4O. The average Bonchev–Trinajstić information content (AvgIpc) is 2.77. The van der Waals surface area contributed by atoms with Gasteiger partial charge in [-0.2, -0.15) is 0 Å². The Kier molecular flexibility index (Phi) is 3.99. The molecule has 0 bridgehead atoms. The van der Waals surface area contributed by atoms with E-state index >= 15 is 0 Å². The van der Waals surface area contributed by atoms with Crippen LogP contribution in [0, 0.1) is 5.82 Å². The summed E-state index contributed by atoms with van der Waals surface area (Å²) in [6.45, 7) is 4.39. The predicted molar refractivity (Wildman–Crippen MR) is 72.4 cm³/mol. The largest absolute Gasteiger partial charge is 0.354 e. The Morgan fingerprint density at radius 3 is 3.05 bits per heavy atom. The van der Waals surface area contributed by atoms with E-state index in [0.717, 1.165) is 6.42 Å². The van der Waals surface area contributed by atoms with Crippen molar-refractivity contribution < 1.29 is 9.18 Å². The van der Waals surface area contributed by atoms with E-state index < -0.39 is 6.04 Å². The summed E-state index contributed by atoms with van der Waals surface area (Å²) in [5.41, 5.74) is 1.26. The number of nitrogens with one attached hydrogen (secondary N) is 3. The van der Waals surface area contributed by atoms with Crippen LogP contribution in [0.2, 0.25) is 0 Å². The van der Waals surface area contributed by atoms with Gasteiger partial charge in [0.25, 0.3) is 0 Å². The Morgan fingerprint density at radius 1 is 1.53 bits per heavy atom. The monoisotopic (exact) mass is 264 g/mol. The van der Waals surface area contributed by atoms with Crippen LogP contribution in [0.3, 0.4) is 0 Å². The fourth-order valence-corrected chi connectivity index (χ4v) is 1.72. The summed E-state index contributed by atoms with van der Waals surface area (Å²) in [6.07, 6.45) is 0.891. The number of anilines is 1. The Hall–Kier alpha value is -2.11. The molecule has 3 N–H and O–H groups in total. The van der Waals surface area contributed by atoms with E-state index in [-0.39, 0.29) is 11.7 Å². The van der Waals surface area contributed by atoms with E-state index in [1.165, 1.54) is 12.1 Å². The Morgan fingerprint density at radius 2 is 2.32 bits per heavy atom. The third-order valence-electron chi connectivity index (χ3n) is 2.74. The quantitative estimate of drug-likeness (QED) is 0.774. The number of rotatable bonds is 5. The lowest BCUT2D eigenvalue weighted by molar-refractivity contribution is -0.121. The van der Waals surface area contributed by atoms with Gasteiger partial charge in [0, 0.05) is 6.54 Å². The maximum Gasteiger partial charge on any atom is 0.242 e. The van der Waals surface area contributed by atoms with Gasteiger partial charge in [0.1, 0.15) is 11.9 Å². The van der Waals surface area contributed by atoms with E-state index in [0.29, 0.717) is 23.5 Å². The predicted octanol–water partition coefficient (Wildman–Crippen LogP) is 2.03. The highest BCUT2D eigenvalue weighted by Gasteiger charge is 2.13. The Labute approximate surface area is 110 Å². The fraction of sp³-hybridized carbons (Fsp3) is 0.385. The summed E-state index contributed by atoms with van der Waals surface area (Å²) in [4.78, 5) is 18.9. The molecule has 0 aliphatic rings. The fourth-order valence-electron chi connectivity index (χ4n) is 1.72. The number of halogens is 1. The van der Waals surface area contributed by atoms with E-state index in [2.05, 4.69) is 20.6 Å². The summed E-state index contributed by atoms with van der Waals surface area (Å²) in [7, 11) is 0. The van der Waals surface area contributed by atoms with E-state index in [1.807, 2.05) is 6.92 Å². The molecule has 2 rings (SSSR count). The molecule has 0 fully saturated rings.